The lowest BCUT2D eigenvalue weighted by atomic mass is 9.33. The number of carbonyl (C=O) groups excluding carboxylic acids is 1. The van der Waals surface area contributed by atoms with Crippen LogP contribution >= 0.6 is 0 Å². The summed E-state index contributed by atoms with van der Waals surface area (Å²) in [6.45, 7) is 12.6. The van der Waals surface area contributed by atoms with Crippen molar-refractivity contribution in [1.29, 1.82) is 0 Å². The second-order valence-corrected chi connectivity index (χ2v) is 28.2. The standard InChI is InChI=1S/C58H92O27/c1-53(2)14-16-58(52(75)85-50-41(72)37(68)34(65)27(20-60)79-50)17-15-56(6)23(24(58)18-53)8-9-30-55(5)12-11-31(54(3,4)29(55)10-13-57(30,56)7)80-51-45(84-49-40(71)36(67)33(64)26(19-59)77-49)43(81-47-38(69)32(63)25(62)22-76-47)42(44(83-51)46(73)74)82-48-39(70)35(66)28(21-61)78-48/h8,24-45,47-51,59-72H,9-22H2,1-7H3,(H,73,74)/t24-,25-,26+,27+,28+,29-,30+,31-,32-,33+,34+,35+,36-,37-,38+,39-,40+,41+,42-,43-,44-,45+,47-,48+,49-,50-,51+,55-,56+,57+,58-/m0/s1. The highest BCUT2D eigenvalue weighted by atomic mass is 16.8. The van der Waals surface area contributed by atoms with Crippen LogP contribution < -0.4 is 0 Å². The Morgan fingerprint density at radius 2 is 1.07 bits per heavy atom. The molecular formula is C58H92O27. The Morgan fingerprint density at radius 1 is 0.541 bits per heavy atom. The van der Waals surface area contributed by atoms with Gasteiger partial charge >= 0.3 is 11.9 Å². The summed E-state index contributed by atoms with van der Waals surface area (Å²) in [6.07, 6.45) is -33.8. The number of allylic oxidation sites excluding steroid dienone is 2. The second kappa shape index (κ2) is 24.1. The highest BCUT2D eigenvalue weighted by molar-refractivity contribution is 5.79. The summed E-state index contributed by atoms with van der Waals surface area (Å²) in [5.74, 6) is -2.48. The number of aliphatic carboxylic acids is 1. The van der Waals surface area contributed by atoms with Gasteiger partial charge in [0.05, 0.1) is 37.9 Å². The Bertz CT molecular complexity index is 2410. The molecule has 0 spiro atoms. The molecule has 0 radical (unpaired) electrons. The van der Waals surface area contributed by atoms with E-state index in [-0.39, 0.29) is 34.0 Å². The third kappa shape index (κ3) is 11.0. The van der Waals surface area contributed by atoms with Crippen molar-refractivity contribution in [2.45, 2.75) is 260 Å². The van der Waals surface area contributed by atoms with Crippen molar-refractivity contribution in [3.05, 3.63) is 11.6 Å². The summed E-state index contributed by atoms with van der Waals surface area (Å²) in [5, 5.41) is 161. The van der Waals surface area contributed by atoms with Gasteiger partial charge in [-0.15, -0.1) is 0 Å². The lowest BCUT2D eigenvalue weighted by Gasteiger charge is -2.71. The van der Waals surface area contributed by atoms with Crippen LogP contribution in [0.3, 0.4) is 0 Å². The predicted molar refractivity (Wildman–Crippen MR) is 284 cm³/mol. The first-order chi connectivity index (χ1) is 39.8. The first kappa shape index (κ1) is 65.7. The van der Waals surface area contributed by atoms with Crippen LogP contribution in [0.4, 0.5) is 0 Å². The van der Waals surface area contributed by atoms with E-state index >= 15 is 0 Å². The number of rotatable bonds is 14. The van der Waals surface area contributed by atoms with Gasteiger partial charge in [-0.25, -0.2) is 4.79 Å². The molecule has 10 rings (SSSR count). The third-order valence-corrected chi connectivity index (χ3v) is 22.8. The van der Waals surface area contributed by atoms with Crippen molar-refractivity contribution < 1.29 is 134 Å². The van der Waals surface area contributed by atoms with E-state index in [1.165, 1.54) is 5.57 Å². The fourth-order valence-electron chi connectivity index (χ4n) is 17.5. The van der Waals surface area contributed by atoms with Crippen molar-refractivity contribution >= 4 is 11.9 Å². The average Bonchev–Trinajstić information content (AvgIpc) is 0.982. The van der Waals surface area contributed by atoms with Gasteiger partial charge < -0.3 is 124 Å². The molecule has 27 heteroatoms. The molecule has 5 saturated heterocycles. The molecule has 85 heavy (non-hydrogen) atoms. The molecule has 27 nitrogen and oxygen atoms in total. The molecule has 0 aromatic carbocycles. The molecule has 15 N–H and O–H groups in total. The lowest BCUT2D eigenvalue weighted by Crippen LogP contribution is -2.69. The fourth-order valence-corrected chi connectivity index (χ4v) is 17.5. The van der Waals surface area contributed by atoms with E-state index < -0.39 is 202 Å². The summed E-state index contributed by atoms with van der Waals surface area (Å²) in [6, 6.07) is 0. The molecule has 4 saturated carbocycles. The number of aliphatic hydroxyl groups excluding tert-OH is 14. The maximum atomic E-state index is 14.9. The van der Waals surface area contributed by atoms with E-state index in [1.54, 1.807) is 0 Å². The molecule has 0 aromatic heterocycles. The zero-order valence-corrected chi connectivity index (χ0v) is 49.2. The summed E-state index contributed by atoms with van der Waals surface area (Å²) in [5.41, 5.74) is -1.80. The minimum Gasteiger partial charge on any atom is -0.479 e. The molecule has 0 aromatic rings. The third-order valence-electron chi connectivity index (χ3n) is 22.8. The number of hydrogen-bond acceptors (Lipinski definition) is 26. The molecule has 5 aliphatic carbocycles. The van der Waals surface area contributed by atoms with Crippen molar-refractivity contribution in [3.8, 4) is 0 Å². The van der Waals surface area contributed by atoms with E-state index in [9.17, 15) is 86.2 Å². The van der Waals surface area contributed by atoms with E-state index in [2.05, 4.69) is 54.5 Å². The van der Waals surface area contributed by atoms with Gasteiger partial charge in [0.1, 0.15) is 104 Å². The number of carboxylic acids is 1. The number of aliphatic hydroxyl groups is 14. The highest BCUT2D eigenvalue weighted by Gasteiger charge is 2.71. The molecule has 0 unspecified atom stereocenters. The summed E-state index contributed by atoms with van der Waals surface area (Å²) >= 11 is 0. The van der Waals surface area contributed by atoms with E-state index in [1.807, 2.05) is 0 Å². The Balaban J connectivity index is 0.965. The van der Waals surface area contributed by atoms with Gasteiger partial charge in [-0.05, 0) is 109 Å². The second-order valence-electron chi connectivity index (χ2n) is 28.2. The molecule has 5 aliphatic heterocycles. The van der Waals surface area contributed by atoms with Gasteiger partial charge in [-0.3, -0.25) is 4.79 Å². The molecule has 9 fully saturated rings. The van der Waals surface area contributed by atoms with Gasteiger partial charge in [0.15, 0.2) is 31.3 Å². The normalized spacial score (nSPS) is 53.0. The maximum absolute atomic E-state index is 14.9. The van der Waals surface area contributed by atoms with Gasteiger partial charge in [-0.1, -0.05) is 60.1 Å². The maximum Gasteiger partial charge on any atom is 0.335 e. The summed E-state index contributed by atoms with van der Waals surface area (Å²) in [7, 11) is 0. The molecule has 5 heterocycles. The number of carbonyl (C=O) groups is 2. The zero-order valence-electron chi connectivity index (χ0n) is 49.2. The average molecular weight is 1220 g/mol. The summed E-state index contributed by atoms with van der Waals surface area (Å²) in [4.78, 5) is 28.4. The smallest absolute Gasteiger partial charge is 0.335 e. The molecule has 31 atom stereocenters. The number of ether oxygens (including phenoxy) is 10. The lowest BCUT2D eigenvalue weighted by molar-refractivity contribution is -0.401. The Morgan fingerprint density at radius 3 is 1.67 bits per heavy atom. The highest BCUT2D eigenvalue weighted by Crippen LogP contribution is 2.76. The van der Waals surface area contributed by atoms with Crippen LogP contribution in [-0.2, 0) is 57.0 Å². The van der Waals surface area contributed by atoms with Crippen molar-refractivity contribution in [1.82, 2.24) is 0 Å². The first-order valence-corrected chi connectivity index (χ1v) is 30.2. The van der Waals surface area contributed by atoms with Gasteiger partial charge in [0, 0.05) is 0 Å². The molecule has 0 amide bonds. The minimum atomic E-state index is -2.14. The largest absolute Gasteiger partial charge is 0.479 e. The van der Waals surface area contributed by atoms with Crippen LogP contribution in [0.15, 0.2) is 11.6 Å². The SMILES string of the molecule is CC1(C)CC[C@]2(C(=O)O[C@@H]3O[C@H](CO)[C@@H](O)[C@H](O)[C@H]3O)CC[C@]3(C)C(=CC[C@@H]4[C@@]5(C)CC[C@H](O[C@@H]6O[C@H](C(=O)O)[C@@H](O[C@H]7O[C@H](CO)[C@@H](O)[C@@H]7O)[C@H](O[C@@H]7OC[C@H](O)[C@H](O)[C@H]7O)[C@H]6O[C@@H]6O[C@H](CO)[C@@H](O)[C@H](O)[C@H]6O)C(C)(C)[C@@H]5CC[C@]43C)[C@@H]2C1. The number of fused-ring (bicyclic) bond motifs is 7. The monoisotopic (exact) mass is 1220 g/mol. The molecule has 0 bridgehead atoms. The minimum absolute atomic E-state index is 0.0717. The van der Waals surface area contributed by atoms with Gasteiger partial charge in [0.25, 0.3) is 0 Å². The Labute approximate surface area is 492 Å². The fraction of sp³-hybridized carbons (Fsp3) is 0.931. The van der Waals surface area contributed by atoms with Gasteiger partial charge in [-0.2, -0.15) is 0 Å². The molecular weight excluding hydrogens is 1130 g/mol. The molecule has 486 valence electrons. The van der Waals surface area contributed by atoms with Crippen molar-refractivity contribution in [2.24, 2.45) is 50.2 Å². The number of hydrogen-bond donors (Lipinski definition) is 15. The van der Waals surface area contributed by atoms with Crippen LogP contribution in [0.25, 0.3) is 0 Å². The molecule has 10 aliphatic rings. The van der Waals surface area contributed by atoms with Gasteiger partial charge in [0.2, 0.25) is 6.29 Å². The van der Waals surface area contributed by atoms with Crippen LogP contribution in [0.5, 0.6) is 0 Å². The predicted octanol–water partition coefficient (Wildman–Crippen LogP) is -2.84. The quantitative estimate of drug-likeness (QED) is 0.0473. The zero-order chi connectivity index (χ0) is 62.0. The van der Waals surface area contributed by atoms with Crippen LogP contribution in [0.2, 0.25) is 0 Å². The number of esters is 1. The van der Waals surface area contributed by atoms with Crippen molar-refractivity contribution in [3.63, 3.8) is 0 Å². The van der Waals surface area contributed by atoms with Crippen molar-refractivity contribution in [2.75, 3.05) is 26.4 Å². The van der Waals surface area contributed by atoms with E-state index in [0.29, 0.717) is 51.4 Å². The number of carboxylic acid groups (broad SMARTS) is 1. The first-order valence-electron chi connectivity index (χ1n) is 30.2. The van der Waals surface area contributed by atoms with Crippen LogP contribution in [0.1, 0.15) is 113 Å². The summed E-state index contributed by atoms with van der Waals surface area (Å²) < 4.78 is 61.1. The topological polar surface area (TPSA) is 430 Å². The van der Waals surface area contributed by atoms with Crippen LogP contribution in [-0.4, -0.2) is 262 Å². The van der Waals surface area contributed by atoms with Crippen LogP contribution in [0, 0.1) is 50.2 Å². The van der Waals surface area contributed by atoms with E-state index in [4.69, 9.17) is 47.4 Å². The Hall–Kier alpha value is -2.24. The Kier molecular flexibility index (Phi) is 18.6. The van der Waals surface area contributed by atoms with E-state index in [0.717, 1.165) is 12.8 Å².